The maximum absolute atomic E-state index is 4.35. The Bertz CT molecular complexity index is 303. The molecule has 14 heavy (non-hydrogen) atoms. The van der Waals surface area contributed by atoms with E-state index in [2.05, 4.69) is 66.9 Å². The molecule has 0 aliphatic rings. The first-order valence-corrected chi connectivity index (χ1v) is 5.68. The molecule has 1 nitrogen and oxygen atoms in total. The quantitative estimate of drug-likeness (QED) is 0.728. The second-order valence-electron chi connectivity index (χ2n) is 4.19. The van der Waals surface area contributed by atoms with Crippen LogP contribution in [-0.2, 0) is 17.2 Å². The summed E-state index contributed by atoms with van der Waals surface area (Å²) in [6.45, 7) is 8.84. The van der Waals surface area contributed by atoms with Crippen LogP contribution in [0.25, 0.3) is 0 Å². The number of benzene rings is 1. The monoisotopic (exact) mass is 226 g/mol. The molecule has 0 radical (unpaired) electrons. The molecule has 0 saturated heterocycles. The van der Waals surface area contributed by atoms with E-state index in [1.807, 2.05) is 0 Å². The molecular formula is C12H17NV+2. The van der Waals surface area contributed by atoms with Gasteiger partial charge in [0.2, 0.25) is 0 Å². The number of hydrogen-bond donors (Lipinski definition) is 0. The Morgan fingerprint density at radius 2 is 1.43 bits per heavy atom. The Morgan fingerprint density at radius 1 is 1.00 bits per heavy atom. The van der Waals surface area contributed by atoms with Crippen molar-refractivity contribution in [1.82, 2.24) is 0 Å². The average Bonchev–Trinajstić information content (AvgIpc) is 2.16. The van der Waals surface area contributed by atoms with Crippen LogP contribution in [0.1, 0.15) is 50.7 Å². The molecule has 0 fully saturated rings. The molecule has 1 aromatic carbocycles. The van der Waals surface area contributed by atoms with Gasteiger partial charge >= 0.3 is 95.6 Å². The Kier molecular flexibility index (Phi) is 4.09. The Balaban J connectivity index is 3.32. The Labute approximate surface area is 95.7 Å². The summed E-state index contributed by atoms with van der Waals surface area (Å²) in [4.78, 5) is 0. The van der Waals surface area contributed by atoms with Gasteiger partial charge in [-0.05, 0) is 0 Å². The number of rotatable bonds is 3. The van der Waals surface area contributed by atoms with Gasteiger partial charge in [0.15, 0.2) is 0 Å². The first-order chi connectivity index (χ1) is 6.57. The van der Waals surface area contributed by atoms with E-state index < -0.39 is 0 Å². The normalized spacial score (nSPS) is 11.1. The van der Waals surface area contributed by atoms with E-state index in [0.717, 1.165) is 5.69 Å². The Hall–Kier alpha value is -0.396. The second-order valence-corrected chi connectivity index (χ2v) is 4.51. The molecule has 0 N–H and O–H groups in total. The third-order valence-corrected chi connectivity index (χ3v) is 2.75. The fourth-order valence-electron chi connectivity index (χ4n) is 1.63. The molecule has 0 saturated carbocycles. The van der Waals surface area contributed by atoms with Crippen molar-refractivity contribution in [3.8, 4) is 0 Å². The topological polar surface area (TPSA) is 12.4 Å². The van der Waals surface area contributed by atoms with Gasteiger partial charge < -0.3 is 0 Å². The third-order valence-electron chi connectivity index (χ3n) is 2.44. The van der Waals surface area contributed by atoms with Crippen molar-refractivity contribution in [2.24, 2.45) is 3.79 Å². The van der Waals surface area contributed by atoms with E-state index in [0.29, 0.717) is 11.8 Å². The molecule has 0 atom stereocenters. The van der Waals surface area contributed by atoms with E-state index in [1.54, 1.807) is 0 Å². The summed E-state index contributed by atoms with van der Waals surface area (Å²) in [6, 6.07) is 6.47. The summed E-state index contributed by atoms with van der Waals surface area (Å²) in [5.74, 6) is 1.08. The molecule has 1 rings (SSSR count). The summed E-state index contributed by atoms with van der Waals surface area (Å²) >= 11 is 2.33. The van der Waals surface area contributed by atoms with Crippen molar-refractivity contribution in [1.29, 1.82) is 0 Å². The van der Waals surface area contributed by atoms with Gasteiger partial charge in [-0.15, -0.1) is 0 Å². The van der Waals surface area contributed by atoms with Crippen LogP contribution in [0.3, 0.4) is 0 Å². The zero-order valence-corrected chi connectivity index (χ0v) is 10.7. The first kappa shape index (κ1) is 11.7. The summed E-state index contributed by atoms with van der Waals surface area (Å²) < 4.78 is 4.35. The number of nitrogens with zero attached hydrogens (tertiary/aromatic N) is 1. The second kappa shape index (κ2) is 4.90. The van der Waals surface area contributed by atoms with Crippen LogP contribution >= 0.6 is 0 Å². The SMILES string of the molecule is CC(C)c1cccc(C(C)C)c1[N]=[V+2]. The zero-order valence-electron chi connectivity index (χ0n) is 9.28. The van der Waals surface area contributed by atoms with Gasteiger partial charge in [-0.25, -0.2) is 0 Å². The van der Waals surface area contributed by atoms with Crippen LogP contribution < -0.4 is 0 Å². The minimum absolute atomic E-state index is 0.539. The van der Waals surface area contributed by atoms with Crippen molar-refractivity contribution < 1.29 is 17.2 Å². The standard InChI is InChI=1S/C12H17N.V/c1-8(2)10-6-5-7-11(9(3)4)12(10)13;/h5-9H,1-4H3;/q;+2. The van der Waals surface area contributed by atoms with Gasteiger partial charge in [0.25, 0.3) is 0 Å². The summed E-state index contributed by atoms with van der Waals surface area (Å²) in [5.41, 5.74) is 3.85. The van der Waals surface area contributed by atoms with Gasteiger partial charge in [0.05, 0.1) is 0 Å². The molecule has 1 aromatic rings. The van der Waals surface area contributed by atoms with Crippen molar-refractivity contribution in [2.75, 3.05) is 0 Å². The van der Waals surface area contributed by atoms with Gasteiger partial charge in [-0.1, -0.05) is 0 Å². The molecule has 0 heterocycles. The van der Waals surface area contributed by atoms with Crippen LogP contribution in [0.15, 0.2) is 22.0 Å². The molecule has 0 aliphatic heterocycles. The van der Waals surface area contributed by atoms with Gasteiger partial charge in [-0.3, -0.25) is 0 Å². The van der Waals surface area contributed by atoms with E-state index in [1.165, 1.54) is 11.1 Å². The molecule has 0 unspecified atom stereocenters. The van der Waals surface area contributed by atoms with Gasteiger partial charge in [-0.2, -0.15) is 0 Å². The molecule has 2 heteroatoms. The zero-order chi connectivity index (χ0) is 10.7. The summed E-state index contributed by atoms with van der Waals surface area (Å²) in [7, 11) is 0. The third kappa shape index (κ3) is 2.34. The van der Waals surface area contributed by atoms with Crippen LogP contribution in [0.5, 0.6) is 0 Å². The van der Waals surface area contributed by atoms with E-state index in [-0.39, 0.29) is 0 Å². The van der Waals surface area contributed by atoms with Crippen molar-refractivity contribution >= 4 is 5.69 Å². The summed E-state index contributed by atoms with van der Waals surface area (Å²) in [6.07, 6.45) is 0. The van der Waals surface area contributed by atoms with Crippen molar-refractivity contribution in [3.05, 3.63) is 29.3 Å². The van der Waals surface area contributed by atoms with E-state index in [9.17, 15) is 0 Å². The predicted molar refractivity (Wildman–Crippen MR) is 56.7 cm³/mol. The first-order valence-electron chi connectivity index (χ1n) is 5.05. The molecule has 0 bridgehead atoms. The van der Waals surface area contributed by atoms with Gasteiger partial charge in [0.1, 0.15) is 0 Å². The molecule has 0 spiro atoms. The van der Waals surface area contributed by atoms with Crippen LogP contribution in [-0.4, -0.2) is 0 Å². The maximum atomic E-state index is 4.35. The number of hydrogen-bond acceptors (Lipinski definition) is 1. The molecule has 0 aliphatic carbocycles. The van der Waals surface area contributed by atoms with Crippen LogP contribution in [0.4, 0.5) is 5.69 Å². The predicted octanol–water partition coefficient (Wildman–Crippen LogP) is 4.30. The van der Waals surface area contributed by atoms with E-state index >= 15 is 0 Å². The fraction of sp³-hybridized carbons (Fsp3) is 0.500. The van der Waals surface area contributed by atoms with Crippen molar-refractivity contribution in [3.63, 3.8) is 0 Å². The average molecular weight is 226 g/mol. The summed E-state index contributed by atoms with van der Waals surface area (Å²) in [5, 5.41) is 0. The Morgan fingerprint density at radius 3 is 1.71 bits per heavy atom. The minimum atomic E-state index is 0.539. The van der Waals surface area contributed by atoms with Crippen LogP contribution in [0.2, 0.25) is 0 Å². The molecular weight excluding hydrogens is 209 g/mol. The molecule has 0 amide bonds. The molecule has 73 valence electrons. The van der Waals surface area contributed by atoms with E-state index in [4.69, 9.17) is 0 Å². The van der Waals surface area contributed by atoms with Crippen molar-refractivity contribution in [2.45, 2.75) is 39.5 Å². The van der Waals surface area contributed by atoms with Gasteiger partial charge in [0, 0.05) is 0 Å². The van der Waals surface area contributed by atoms with Crippen LogP contribution in [0, 0.1) is 0 Å². The fourth-order valence-corrected chi connectivity index (χ4v) is 1.99. The molecule has 0 aromatic heterocycles.